The third-order valence-electron chi connectivity index (χ3n) is 5.23. The van der Waals surface area contributed by atoms with E-state index in [0.717, 1.165) is 12.1 Å². The van der Waals surface area contributed by atoms with E-state index < -0.39 is 28.7 Å². The summed E-state index contributed by atoms with van der Waals surface area (Å²) in [6, 6.07) is 15.3. The maximum Gasteiger partial charge on any atom is 0.135 e. The van der Waals surface area contributed by atoms with Crippen LogP contribution in [0.2, 0.25) is 0 Å². The topological polar surface area (TPSA) is 25.8 Å². The number of nitrogens with zero attached hydrogens (tertiary/aromatic N) is 2. The van der Waals surface area contributed by atoms with Crippen LogP contribution in [0.25, 0.3) is 22.5 Å². The van der Waals surface area contributed by atoms with Gasteiger partial charge < -0.3 is 0 Å². The average molecular weight is 501 g/mol. The Labute approximate surface area is 191 Å². The van der Waals surface area contributed by atoms with E-state index in [-0.39, 0.29) is 11.1 Å². The van der Waals surface area contributed by atoms with Crippen molar-refractivity contribution in [2.75, 3.05) is 0 Å². The zero-order chi connectivity index (χ0) is 23.0. The smallest absolute Gasteiger partial charge is 0.135 e. The van der Waals surface area contributed by atoms with Crippen molar-refractivity contribution in [3.8, 4) is 22.5 Å². The van der Waals surface area contributed by atoms with Crippen molar-refractivity contribution in [1.82, 2.24) is 9.97 Å². The van der Waals surface area contributed by atoms with Crippen LogP contribution in [0.3, 0.4) is 0 Å². The van der Waals surface area contributed by atoms with Crippen LogP contribution in [0, 0.1) is 23.3 Å². The normalized spacial score (nSPS) is 11.6. The second-order valence-corrected chi connectivity index (χ2v) is 8.75. The van der Waals surface area contributed by atoms with E-state index in [9.17, 15) is 17.6 Å². The molecule has 0 aliphatic rings. The lowest BCUT2D eigenvalue weighted by Crippen LogP contribution is -2.22. The molecule has 2 nitrogen and oxygen atoms in total. The average Bonchev–Trinajstić information content (AvgIpc) is 2.73. The van der Waals surface area contributed by atoms with Crippen molar-refractivity contribution < 1.29 is 17.6 Å². The second-order valence-electron chi connectivity index (χ2n) is 7.84. The minimum absolute atomic E-state index is 0.167. The molecular weight excluding hydrogens is 484 g/mol. The largest absolute Gasteiger partial charge is 0.252 e. The Kier molecular flexibility index (Phi) is 5.86. The fourth-order valence-corrected chi connectivity index (χ4v) is 3.85. The number of rotatable bonds is 4. The molecule has 0 N–H and O–H groups in total. The van der Waals surface area contributed by atoms with E-state index in [4.69, 9.17) is 0 Å². The molecular formula is C25H17BrF4N2. The lowest BCUT2D eigenvalue weighted by atomic mass is 9.84. The van der Waals surface area contributed by atoms with Gasteiger partial charge in [0.1, 0.15) is 23.3 Å². The summed E-state index contributed by atoms with van der Waals surface area (Å²) in [4.78, 5) is 9.22. The van der Waals surface area contributed by atoms with Gasteiger partial charge in [-0.2, -0.15) is 0 Å². The first-order valence-corrected chi connectivity index (χ1v) is 10.5. The van der Waals surface area contributed by atoms with Crippen molar-refractivity contribution in [3.05, 3.63) is 106 Å². The van der Waals surface area contributed by atoms with Gasteiger partial charge in [0, 0.05) is 33.1 Å². The molecule has 0 atom stereocenters. The van der Waals surface area contributed by atoms with E-state index in [1.165, 1.54) is 24.3 Å². The van der Waals surface area contributed by atoms with Crippen LogP contribution in [0.1, 0.15) is 25.2 Å². The first-order valence-electron chi connectivity index (χ1n) is 9.71. The molecule has 4 rings (SSSR count). The monoisotopic (exact) mass is 500 g/mol. The van der Waals surface area contributed by atoms with Crippen molar-refractivity contribution in [3.63, 3.8) is 0 Å². The predicted octanol–water partition coefficient (Wildman–Crippen LogP) is 7.46. The molecule has 0 amide bonds. The van der Waals surface area contributed by atoms with Gasteiger partial charge in [-0.3, -0.25) is 9.97 Å². The number of hydrogen-bond acceptors (Lipinski definition) is 2. The molecule has 0 aliphatic carbocycles. The van der Waals surface area contributed by atoms with Gasteiger partial charge in [0.15, 0.2) is 0 Å². The Morgan fingerprint density at radius 1 is 0.656 bits per heavy atom. The van der Waals surface area contributed by atoms with Gasteiger partial charge in [0.05, 0.1) is 22.8 Å². The van der Waals surface area contributed by atoms with Crippen LogP contribution < -0.4 is 0 Å². The summed E-state index contributed by atoms with van der Waals surface area (Å²) in [6.07, 6.45) is 0. The number of halogens is 5. The molecule has 0 radical (unpaired) electrons. The zero-order valence-corrected chi connectivity index (χ0v) is 18.7. The van der Waals surface area contributed by atoms with Crippen LogP contribution in [-0.4, -0.2) is 9.97 Å². The molecule has 2 aromatic heterocycles. The maximum absolute atomic E-state index is 14.4. The number of pyridine rings is 2. The Morgan fingerprint density at radius 2 is 1.22 bits per heavy atom. The lowest BCUT2D eigenvalue weighted by molar-refractivity contribution is 0.582. The molecule has 0 spiro atoms. The fraction of sp³-hybridized carbons (Fsp3) is 0.120. The predicted molar refractivity (Wildman–Crippen MR) is 119 cm³/mol. The molecule has 0 saturated carbocycles. The number of benzene rings is 2. The van der Waals surface area contributed by atoms with Gasteiger partial charge in [0.2, 0.25) is 0 Å². The lowest BCUT2D eigenvalue weighted by Gasteiger charge is -2.25. The molecule has 0 unspecified atom stereocenters. The summed E-state index contributed by atoms with van der Waals surface area (Å²) >= 11 is 3.44. The Morgan fingerprint density at radius 3 is 1.81 bits per heavy atom. The third-order valence-corrected chi connectivity index (χ3v) is 5.69. The van der Waals surface area contributed by atoms with Gasteiger partial charge >= 0.3 is 0 Å². The highest BCUT2D eigenvalue weighted by atomic mass is 79.9. The third kappa shape index (κ3) is 4.30. The van der Waals surface area contributed by atoms with Crippen LogP contribution >= 0.6 is 15.9 Å². The minimum Gasteiger partial charge on any atom is -0.252 e. The van der Waals surface area contributed by atoms with Crippen LogP contribution in [0.5, 0.6) is 0 Å². The van der Waals surface area contributed by atoms with Gasteiger partial charge in [-0.05, 0) is 62.4 Å². The minimum atomic E-state index is -0.748. The van der Waals surface area contributed by atoms with Crippen molar-refractivity contribution in [1.29, 1.82) is 0 Å². The molecule has 0 fully saturated rings. The summed E-state index contributed by atoms with van der Waals surface area (Å²) in [6.45, 7) is 3.78. The summed E-state index contributed by atoms with van der Waals surface area (Å²) in [7, 11) is 0. The molecule has 2 heterocycles. The van der Waals surface area contributed by atoms with E-state index in [2.05, 4.69) is 25.9 Å². The first-order chi connectivity index (χ1) is 15.1. The second kappa shape index (κ2) is 8.47. The maximum atomic E-state index is 14.4. The Hall–Kier alpha value is -3.06. The van der Waals surface area contributed by atoms with Gasteiger partial charge in [-0.15, -0.1) is 0 Å². The molecule has 4 aromatic rings. The first kappa shape index (κ1) is 22.1. The Bertz CT molecular complexity index is 1320. The highest BCUT2D eigenvalue weighted by Crippen LogP contribution is 2.34. The summed E-state index contributed by atoms with van der Waals surface area (Å²) < 4.78 is 55.9. The number of hydrogen-bond donors (Lipinski definition) is 0. The molecule has 0 aliphatic heterocycles. The summed E-state index contributed by atoms with van der Waals surface area (Å²) in [5.74, 6) is -2.76. The molecule has 32 heavy (non-hydrogen) atoms. The highest BCUT2D eigenvalue weighted by molar-refractivity contribution is 9.10. The molecule has 7 heteroatoms. The van der Waals surface area contributed by atoms with Crippen LogP contribution in [0.4, 0.5) is 17.6 Å². The summed E-state index contributed by atoms with van der Waals surface area (Å²) in [5, 5.41) is 0. The Balaban J connectivity index is 1.79. The fourth-order valence-electron chi connectivity index (χ4n) is 3.41. The van der Waals surface area contributed by atoms with Crippen LogP contribution in [-0.2, 0) is 5.41 Å². The van der Waals surface area contributed by atoms with Crippen LogP contribution in [0.15, 0.2) is 71.2 Å². The zero-order valence-electron chi connectivity index (χ0n) is 17.1. The number of aromatic nitrogens is 2. The highest BCUT2D eigenvalue weighted by Gasteiger charge is 2.28. The SMILES string of the molecule is CC(C)(c1cccc(-c2ccc(F)cc2F)n1)c1cc(Br)cc(-c2ccc(F)cc2F)n1. The molecule has 162 valence electrons. The van der Waals surface area contributed by atoms with Gasteiger partial charge in [-0.1, -0.05) is 22.0 Å². The molecule has 2 aromatic carbocycles. The van der Waals surface area contributed by atoms with E-state index >= 15 is 0 Å². The van der Waals surface area contributed by atoms with Gasteiger partial charge in [0.25, 0.3) is 0 Å². The van der Waals surface area contributed by atoms with Crippen molar-refractivity contribution >= 4 is 15.9 Å². The van der Waals surface area contributed by atoms with Gasteiger partial charge in [-0.25, -0.2) is 17.6 Å². The van der Waals surface area contributed by atoms with Crippen molar-refractivity contribution in [2.24, 2.45) is 0 Å². The quantitative estimate of drug-likeness (QED) is 0.272. The van der Waals surface area contributed by atoms with Crippen molar-refractivity contribution in [2.45, 2.75) is 19.3 Å². The molecule has 0 saturated heterocycles. The van der Waals surface area contributed by atoms with E-state index in [1.807, 2.05) is 13.8 Å². The summed E-state index contributed by atoms with van der Waals surface area (Å²) in [5.41, 5.74) is 1.46. The standard InChI is InChI=1S/C25H17BrF4N2/c1-25(2,23-5-3-4-21(31-23)17-8-6-15(27)12-19(17)29)24-11-14(26)10-22(32-24)18-9-7-16(28)13-20(18)30/h3-13H,1-2H3. The van der Waals surface area contributed by atoms with E-state index in [1.54, 1.807) is 30.3 Å². The van der Waals surface area contributed by atoms with E-state index in [0.29, 0.717) is 27.2 Å². The molecule has 0 bridgehead atoms.